The summed E-state index contributed by atoms with van der Waals surface area (Å²) in [5.41, 5.74) is 1.51. The lowest BCUT2D eigenvalue weighted by atomic mass is 10.1. The topological polar surface area (TPSA) is 76.1 Å². The van der Waals surface area contributed by atoms with Gasteiger partial charge in [0.2, 0.25) is 5.95 Å². The van der Waals surface area contributed by atoms with Crippen LogP contribution in [0.1, 0.15) is 37.0 Å². The van der Waals surface area contributed by atoms with Gasteiger partial charge in [-0.3, -0.25) is 4.79 Å². The molecule has 0 spiro atoms. The van der Waals surface area contributed by atoms with Crippen LogP contribution in [0, 0.1) is 6.92 Å². The zero-order valence-corrected chi connectivity index (χ0v) is 14.1. The van der Waals surface area contributed by atoms with Crippen molar-refractivity contribution in [1.29, 1.82) is 0 Å². The molecule has 0 aliphatic heterocycles. The molecule has 0 bridgehead atoms. The Morgan fingerprint density at radius 1 is 1.17 bits per heavy atom. The quantitative estimate of drug-likeness (QED) is 0.907. The highest BCUT2D eigenvalue weighted by molar-refractivity contribution is 5.93. The summed E-state index contributed by atoms with van der Waals surface area (Å²) < 4.78 is 5.19. The van der Waals surface area contributed by atoms with Gasteiger partial charge in [0.1, 0.15) is 11.4 Å². The molecule has 0 aliphatic carbocycles. The fourth-order valence-corrected chi connectivity index (χ4v) is 1.98. The lowest BCUT2D eigenvalue weighted by Crippen LogP contribution is -2.41. The van der Waals surface area contributed by atoms with Gasteiger partial charge in [0.15, 0.2) is 0 Å². The largest absolute Gasteiger partial charge is 0.497 e. The average molecular weight is 314 g/mol. The minimum Gasteiger partial charge on any atom is -0.497 e. The molecule has 0 aliphatic rings. The summed E-state index contributed by atoms with van der Waals surface area (Å²) in [6, 6.07) is 9.09. The number of amides is 1. The summed E-state index contributed by atoms with van der Waals surface area (Å²) in [6.45, 7) is 7.60. The number of rotatable bonds is 4. The molecule has 1 heterocycles. The highest BCUT2D eigenvalue weighted by atomic mass is 16.5. The van der Waals surface area contributed by atoms with E-state index >= 15 is 0 Å². The summed E-state index contributed by atoms with van der Waals surface area (Å²) in [7, 11) is 1.61. The Hall–Kier alpha value is -2.63. The highest BCUT2D eigenvalue weighted by Crippen LogP contribution is 2.19. The van der Waals surface area contributed by atoms with Crippen LogP contribution in [0.4, 0.5) is 11.6 Å². The van der Waals surface area contributed by atoms with Crippen molar-refractivity contribution in [1.82, 2.24) is 15.3 Å². The molecule has 2 aromatic rings. The number of anilines is 2. The molecule has 1 amide bonds. The number of hydrogen-bond acceptors (Lipinski definition) is 5. The van der Waals surface area contributed by atoms with Gasteiger partial charge in [-0.1, -0.05) is 6.07 Å². The number of nitrogens with one attached hydrogen (secondary N) is 2. The molecule has 1 aromatic carbocycles. The molecule has 2 rings (SSSR count). The van der Waals surface area contributed by atoms with Crippen LogP contribution < -0.4 is 15.4 Å². The molecule has 1 aromatic heterocycles. The molecular formula is C17H22N4O2. The Balaban J connectivity index is 2.24. The van der Waals surface area contributed by atoms with Crippen molar-refractivity contribution in [2.45, 2.75) is 33.2 Å². The van der Waals surface area contributed by atoms with Crippen LogP contribution in [0.2, 0.25) is 0 Å². The zero-order valence-electron chi connectivity index (χ0n) is 14.1. The van der Waals surface area contributed by atoms with E-state index in [4.69, 9.17) is 4.74 Å². The predicted octanol–water partition coefficient (Wildman–Crippen LogP) is 3.07. The van der Waals surface area contributed by atoms with Crippen LogP contribution in [0.5, 0.6) is 5.75 Å². The second-order valence-electron chi connectivity index (χ2n) is 6.28. The highest BCUT2D eigenvalue weighted by Gasteiger charge is 2.17. The van der Waals surface area contributed by atoms with E-state index in [2.05, 4.69) is 20.6 Å². The SMILES string of the molecule is COc1cccc(Nc2nc(C)cc(C(=O)NC(C)(C)C)n2)c1. The molecular weight excluding hydrogens is 292 g/mol. The van der Waals surface area contributed by atoms with E-state index in [1.54, 1.807) is 13.2 Å². The maximum atomic E-state index is 12.3. The van der Waals surface area contributed by atoms with Gasteiger partial charge in [-0.05, 0) is 45.9 Å². The summed E-state index contributed by atoms with van der Waals surface area (Å²) in [5, 5.41) is 5.99. The standard InChI is InChI=1S/C17H22N4O2/c1-11-9-14(15(22)21-17(2,3)4)20-16(18-11)19-12-7-6-8-13(10-12)23-5/h6-10H,1-5H3,(H,21,22)(H,18,19,20). The van der Waals surface area contributed by atoms with E-state index in [1.165, 1.54) is 0 Å². The number of aryl methyl sites for hydroxylation is 1. The van der Waals surface area contributed by atoms with E-state index in [1.807, 2.05) is 52.0 Å². The molecule has 0 unspecified atom stereocenters. The Kier molecular flexibility index (Phi) is 4.83. The van der Waals surface area contributed by atoms with Crippen molar-refractivity contribution in [2.75, 3.05) is 12.4 Å². The van der Waals surface area contributed by atoms with Crippen molar-refractivity contribution < 1.29 is 9.53 Å². The van der Waals surface area contributed by atoms with Crippen LogP contribution in [-0.4, -0.2) is 28.5 Å². The summed E-state index contributed by atoms with van der Waals surface area (Å²) in [6.07, 6.45) is 0. The van der Waals surface area contributed by atoms with Gasteiger partial charge in [0, 0.05) is 23.0 Å². The van der Waals surface area contributed by atoms with Gasteiger partial charge in [-0.15, -0.1) is 0 Å². The number of benzene rings is 1. The van der Waals surface area contributed by atoms with Gasteiger partial charge >= 0.3 is 0 Å². The number of ether oxygens (including phenoxy) is 1. The molecule has 0 atom stereocenters. The summed E-state index contributed by atoms with van der Waals surface area (Å²) in [5.74, 6) is 0.877. The van der Waals surface area contributed by atoms with Crippen LogP contribution in [-0.2, 0) is 0 Å². The number of carbonyl (C=O) groups is 1. The minimum absolute atomic E-state index is 0.225. The maximum absolute atomic E-state index is 12.3. The van der Waals surface area contributed by atoms with E-state index in [0.717, 1.165) is 11.4 Å². The third kappa shape index (κ3) is 4.95. The van der Waals surface area contributed by atoms with Crippen molar-refractivity contribution in [3.05, 3.63) is 41.7 Å². The Labute approximate surface area is 136 Å². The molecule has 2 N–H and O–H groups in total. The van der Waals surface area contributed by atoms with E-state index < -0.39 is 0 Å². The van der Waals surface area contributed by atoms with E-state index in [-0.39, 0.29) is 11.4 Å². The van der Waals surface area contributed by atoms with Gasteiger partial charge in [0.05, 0.1) is 7.11 Å². The van der Waals surface area contributed by atoms with Crippen LogP contribution in [0.3, 0.4) is 0 Å². The maximum Gasteiger partial charge on any atom is 0.270 e. The van der Waals surface area contributed by atoms with Crippen molar-refractivity contribution in [2.24, 2.45) is 0 Å². The number of aromatic nitrogens is 2. The van der Waals surface area contributed by atoms with Crippen molar-refractivity contribution in [3.8, 4) is 5.75 Å². The monoisotopic (exact) mass is 314 g/mol. The minimum atomic E-state index is -0.323. The zero-order chi connectivity index (χ0) is 17.0. The second kappa shape index (κ2) is 6.64. The molecule has 0 radical (unpaired) electrons. The van der Waals surface area contributed by atoms with Gasteiger partial charge in [-0.25, -0.2) is 9.97 Å². The average Bonchev–Trinajstić information content (AvgIpc) is 2.45. The molecule has 0 saturated carbocycles. The lowest BCUT2D eigenvalue weighted by molar-refractivity contribution is 0.0914. The summed E-state index contributed by atoms with van der Waals surface area (Å²) in [4.78, 5) is 20.9. The van der Waals surface area contributed by atoms with Gasteiger partial charge < -0.3 is 15.4 Å². The molecule has 122 valence electrons. The van der Waals surface area contributed by atoms with Gasteiger partial charge in [0.25, 0.3) is 5.91 Å². The summed E-state index contributed by atoms with van der Waals surface area (Å²) >= 11 is 0. The predicted molar refractivity (Wildman–Crippen MR) is 90.3 cm³/mol. The van der Waals surface area contributed by atoms with E-state index in [9.17, 15) is 4.79 Å². The normalized spacial score (nSPS) is 11.0. The van der Waals surface area contributed by atoms with Crippen LogP contribution >= 0.6 is 0 Å². The lowest BCUT2D eigenvalue weighted by Gasteiger charge is -2.20. The fraction of sp³-hybridized carbons (Fsp3) is 0.353. The van der Waals surface area contributed by atoms with Crippen molar-refractivity contribution >= 4 is 17.5 Å². The Bertz CT molecular complexity index is 708. The smallest absolute Gasteiger partial charge is 0.270 e. The number of hydrogen-bond donors (Lipinski definition) is 2. The van der Waals surface area contributed by atoms with Crippen LogP contribution in [0.15, 0.2) is 30.3 Å². The van der Waals surface area contributed by atoms with Crippen molar-refractivity contribution in [3.63, 3.8) is 0 Å². The molecule has 23 heavy (non-hydrogen) atoms. The van der Waals surface area contributed by atoms with Gasteiger partial charge in [-0.2, -0.15) is 0 Å². The van der Waals surface area contributed by atoms with Crippen LogP contribution in [0.25, 0.3) is 0 Å². The Morgan fingerprint density at radius 2 is 1.91 bits per heavy atom. The molecule has 0 fully saturated rings. The first-order chi connectivity index (χ1) is 10.8. The number of carbonyl (C=O) groups excluding carboxylic acids is 1. The number of nitrogens with zero attached hydrogens (tertiary/aromatic N) is 2. The molecule has 6 heteroatoms. The third-order valence-electron chi connectivity index (χ3n) is 2.90. The van der Waals surface area contributed by atoms with E-state index in [0.29, 0.717) is 17.3 Å². The number of methoxy groups -OCH3 is 1. The first-order valence-electron chi connectivity index (χ1n) is 7.36. The second-order valence-corrected chi connectivity index (χ2v) is 6.28. The fourth-order valence-electron chi connectivity index (χ4n) is 1.98. The first-order valence-corrected chi connectivity index (χ1v) is 7.36. The third-order valence-corrected chi connectivity index (χ3v) is 2.90. The first kappa shape index (κ1) is 16.7. The molecule has 0 saturated heterocycles. The Morgan fingerprint density at radius 3 is 2.57 bits per heavy atom. The molecule has 6 nitrogen and oxygen atoms in total.